The number of hydrogen-bond donors (Lipinski definition) is 0. The highest BCUT2D eigenvalue weighted by atomic mass is 79.9. The summed E-state index contributed by atoms with van der Waals surface area (Å²) in [7, 11) is 0. The van der Waals surface area contributed by atoms with Gasteiger partial charge in [0.25, 0.3) is 0 Å². The van der Waals surface area contributed by atoms with Gasteiger partial charge in [-0.1, -0.05) is 69.1 Å². The summed E-state index contributed by atoms with van der Waals surface area (Å²) in [5.74, 6) is 0. The molecule has 0 aromatic heterocycles. The van der Waals surface area contributed by atoms with Crippen LogP contribution in [0.15, 0.2) is 11.6 Å². The Morgan fingerprint density at radius 1 is 1.00 bits per heavy atom. The van der Waals surface area contributed by atoms with E-state index >= 15 is 0 Å². The van der Waals surface area contributed by atoms with Crippen LogP contribution in [0.4, 0.5) is 0 Å². The fourth-order valence-corrected chi connectivity index (χ4v) is 1.99. The van der Waals surface area contributed by atoms with E-state index in [9.17, 15) is 0 Å². The van der Waals surface area contributed by atoms with Crippen molar-refractivity contribution in [2.24, 2.45) is 10.8 Å². The second-order valence-electron chi connectivity index (χ2n) is 6.83. The molecule has 0 aliphatic rings. The minimum absolute atomic E-state index is 0.404. The standard InChI is InChI=1S/C14H27Br/c1-13(2,3)9-7-8-12(11-15)10-14(4,5)6/h8H,7,9-11H2,1-6H3/b12-8-. The molecule has 0 fully saturated rings. The van der Waals surface area contributed by atoms with Crippen LogP contribution in [0, 0.1) is 10.8 Å². The van der Waals surface area contributed by atoms with E-state index in [4.69, 9.17) is 0 Å². The molecule has 0 nitrogen and oxygen atoms in total. The van der Waals surface area contributed by atoms with Crippen molar-refractivity contribution in [3.63, 3.8) is 0 Å². The van der Waals surface area contributed by atoms with Crippen LogP contribution in [0.2, 0.25) is 0 Å². The lowest BCUT2D eigenvalue weighted by molar-refractivity contribution is 0.379. The summed E-state index contributed by atoms with van der Waals surface area (Å²) in [6, 6.07) is 0. The number of alkyl halides is 1. The largest absolute Gasteiger partial charge is 0.0880 e. The van der Waals surface area contributed by atoms with E-state index in [1.165, 1.54) is 19.3 Å². The van der Waals surface area contributed by atoms with Gasteiger partial charge in [-0.25, -0.2) is 0 Å². The number of halogens is 1. The third-order valence-corrected chi connectivity index (χ3v) is 2.98. The van der Waals surface area contributed by atoms with Crippen LogP contribution in [0.25, 0.3) is 0 Å². The summed E-state index contributed by atoms with van der Waals surface area (Å²) in [4.78, 5) is 0. The molecule has 0 aliphatic heterocycles. The zero-order valence-electron chi connectivity index (χ0n) is 11.3. The molecule has 0 bridgehead atoms. The van der Waals surface area contributed by atoms with Gasteiger partial charge in [0.2, 0.25) is 0 Å². The monoisotopic (exact) mass is 274 g/mol. The molecule has 0 saturated heterocycles. The maximum Gasteiger partial charge on any atom is 0.0242 e. The molecule has 0 saturated carbocycles. The molecule has 0 N–H and O–H groups in total. The van der Waals surface area contributed by atoms with Crippen molar-refractivity contribution in [2.75, 3.05) is 5.33 Å². The second-order valence-corrected chi connectivity index (χ2v) is 7.39. The highest BCUT2D eigenvalue weighted by molar-refractivity contribution is 9.09. The van der Waals surface area contributed by atoms with Crippen LogP contribution in [0.1, 0.15) is 60.8 Å². The molecule has 1 heteroatoms. The molecule has 0 spiro atoms. The SMILES string of the molecule is CC(C)(C)CC/C=C(\CBr)CC(C)(C)C. The lowest BCUT2D eigenvalue weighted by Crippen LogP contribution is -2.08. The fourth-order valence-electron chi connectivity index (χ4n) is 1.56. The number of rotatable bonds is 4. The Hall–Kier alpha value is 0.220. The average Bonchev–Trinajstić information content (AvgIpc) is 1.97. The van der Waals surface area contributed by atoms with Gasteiger partial charge in [-0.05, 0) is 30.1 Å². The van der Waals surface area contributed by atoms with E-state index in [1.54, 1.807) is 5.57 Å². The summed E-state index contributed by atoms with van der Waals surface area (Å²) < 4.78 is 0. The maximum absolute atomic E-state index is 3.58. The molecule has 0 atom stereocenters. The lowest BCUT2D eigenvalue weighted by Gasteiger charge is -2.20. The first-order chi connectivity index (χ1) is 6.64. The van der Waals surface area contributed by atoms with E-state index in [2.05, 4.69) is 63.5 Å². The van der Waals surface area contributed by atoms with Crippen molar-refractivity contribution < 1.29 is 0 Å². The number of allylic oxidation sites excluding steroid dienone is 2. The van der Waals surface area contributed by atoms with E-state index < -0.39 is 0 Å². The van der Waals surface area contributed by atoms with Crippen LogP contribution < -0.4 is 0 Å². The first kappa shape index (κ1) is 15.2. The molecule has 0 rings (SSSR count). The normalized spacial score (nSPS) is 14.5. The van der Waals surface area contributed by atoms with Crippen molar-refractivity contribution in [2.45, 2.75) is 60.8 Å². The highest BCUT2D eigenvalue weighted by Gasteiger charge is 2.13. The molecule has 0 aromatic rings. The molecule has 90 valence electrons. The Kier molecular flexibility index (Phi) is 6.17. The summed E-state index contributed by atoms with van der Waals surface area (Å²) in [5, 5.41) is 1.02. The van der Waals surface area contributed by atoms with E-state index in [0.717, 1.165) is 5.33 Å². The van der Waals surface area contributed by atoms with Crippen LogP contribution in [0.3, 0.4) is 0 Å². The Morgan fingerprint density at radius 2 is 1.53 bits per heavy atom. The van der Waals surface area contributed by atoms with Gasteiger partial charge in [0.1, 0.15) is 0 Å². The van der Waals surface area contributed by atoms with Crippen molar-refractivity contribution in [3.8, 4) is 0 Å². The van der Waals surface area contributed by atoms with Gasteiger partial charge in [-0.15, -0.1) is 0 Å². The third kappa shape index (κ3) is 10.5. The smallest absolute Gasteiger partial charge is 0.0242 e. The Morgan fingerprint density at radius 3 is 1.87 bits per heavy atom. The predicted octanol–water partition coefficient (Wildman–Crippen LogP) is 5.57. The van der Waals surface area contributed by atoms with Gasteiger partial charge in [-0.3, -0.25) is 0 Å². The summed E-state index contributed by atoms with van der Waals surface area (Å²) in [6.07, 6.45) is 6.10. The summed E-state index contributed by atoms with van der Waals surface area (Å²) in [5.41, 5.74) is 2.41. The van der Waals surface area contributed by atoms with Crippen LogP contribution in [-0.4, -0.2) is 5.33 Å². The zero-order valence-corrected chi connectivity index (χ0v) is 12.9. The van der Waals surface area contributed by atoms with E-state index in [0.29, 0.717) is 10.8 Å². The van der Waals surface area contributed by atoms with Crippen molar-refractivity contribution in [3.05, 3.63) is 11.6 Å². The fraction of sp³-hybridized carbons (Fsp3) is 0.857. The highest BCUT2D eigenvalue weighted by Crippen LogP contribution is 2.27. The van der Waals surface area contributed by atoms with E-state index in [1.807, 2.05) is 0 Å². The average molecular weight is 275 g/mol. The van der Waals surface area contributed by atoms with Crippen molar-refractivity contribution in [1.82, 2.24) is 0 Å². The second kappa shape index (κ2) is 6.08. The topological polar surface area (TPSA) is 0 Å². The zero-order chi connectivity index (χ0) is 12.1. The molecule has 0 aromatic carbocycles. The molecular formula is C14H27Br. The van der Waals surface area contributed by atoms with Gasteiger partial charge >= 0.3 is 0 Å². The first-order valence-electron chi connectivity index (χ1n) is 5.88. The van der Waals surface area contributed by atoms with Gasteiger partial charge in [0.05, 0.1) is 0 Å². The van der Waals surface area contributed by atoms with Gasteiger partial charge in [0.15, 0.2) is 0 Å². The molecular weight excluding hydrogens is 248 g/mol. The van der Waals surface area contributed by atoms with Crippen molar-refractivity contribution in [1.29, 1.82) is 0 Å². The number of hydrogen-bond acceptors (Lipinski definition) is 0. The van der Waals surface area contributed by atoms with Crippen molar-refractivity contribution >= 4 is 15.9 Å². The lowest BCUT2D eigenvalue weighted by atomic mass is 9.86. The predicted molar refractivity (Wildman–Crippen MR) is 74.6 cm³/mol. The maximum atomic E-state index is 3.58. The van der Waals surface area contributed by atoms with Gasteiger partial charge in [0, 0.05) is 5.33 Å². The summed E-state index contributed by atoms with van der Waals surface area (Å²) in [6.45, 7) is 13.8. The molecule has 0 amide bonds. The molecule has 15 heavy (non-hydrogen) atoms. The molecule has 0 heterocycles. The Balaban J connectivity index is 4.12. The van der Waals surface area contributed by atoms with Crippen LogP contribution >= 0.6 is 15.9 Å². The van der Waals surface area contributed by atoms with E-state index in [-0.39, 0.29) is 0 Å². The third-order valence-electron chi connectivity index (χ3n) is 2.26. The first-order valence-corrected chi connectivity index (χ1v) is 7.00. The Labute approximate surface area is 105 Å². The van der Waals surface area contributed by atoms with Crippen LogP contribution in [0.5, 0.6) is 0 Å². The molecule has 0 unspecified atom stereocenters. The molecule has 0 aliphatic carbocycles. The molecule has 0 radical (unpaired) electrons. The quantitative estimate of drug-likeness (QED) is 0.464. The summed E-state index contributed by atoms with van der Waals surface area (Å²) >= 11 is 3.58. The minimum atomic E-state index is 0.404. The minimum Gasteiger partial charge on any atom is -0.0880 e. The van der Waals surface area contributed by atoms with Crippen LogP contribution in [-0.2, 0) is 0 Å². The van der Waals surface area contributed by atoms with Gasteiger partial charge in [-0.2, -0.15) is 0 Å². The Bertz CT molecular complexity index is 200. The van der Waals surface area contributed by atoms with Gasteiger partial charge < -0.3 is 0 Å².